The fourth-order valence-electron chi connectivity index (χ4n) is 3.66. The van der Waals surface area contributed by atoms with Gasteiger partial charge in [-0.1, -0.05) is 0 Å². The molecule has 2 aliphatic heterocycles. The average Bonchev–Trinajstić information content (AvgIpc) is 3.14. The van der Waals surface area contributed by atoms with E-state index in [1.54, 1.807) is 9.58 Å². The Morgan fingerprint density at radius 3 is 2.88 bits per heavy atom. The lowest BCUT2D eigenvalue weighted by Crippen LogP contribution is -2.37. The molecule has 0 fully saturated rings. The first-order chi connectivity index (χ1) is 12.6. The fourth-order valence-corrected chi connectivity index (χ4v) is 3.66. The quantitative estimate of drug-likeness (QED) is 0.744. The second-order valence-electron chi connectivity index (χ2n) is 6.60. The molecule has 1 amide bonds. The maximum atomic E-state index is 13.0. The van der Waals surface area contributed by atoms with Crippen molar-refractivity contribution < 1.29 is 14.3 Å². The highest BCUT2D eigenvalue weighted by Crippen LogP contribution is 2.24. The number of amides is 1. The van der Waals surface area contributed by atoms with Gasteiger partial charge < -0.3 is 19.5 Å². The smallest absolute Gasteiger partial charge is 0.358 e. The number of aryl methyl sites for hydroxylation is 1. The highest BCUT2D eigenvalue weighted by Gasteiger charge is 2.31. The van der Waals surface area contributed by atoms with Gasteiger partial charge >= 0.3 is 5.97 Å². The summed E-state index contributed by atoms with van der Waals surface area (Å²) in [6.45, 7) is 3.49. The molecular weight excluding hydrogens is 336 g/mol. The number of hydrogen-bond donors (Lipinski definition) is 1. The molecule has 0 bridgehead atoms. The summed E-state index contributed by atoms with van der Waals surface area (Å²) < 4.78 is 8.57. The van der Waals surface area contributed by atoms with Crippen LogP contribution in [0.5, 0.6) is 0 Å². The molecule has 0 aromatic carbocycles. The largest absolute Gasteiger partial charge is 0.464 e. The summed E-state index contributed by atoms with van der Waals surface area (Å²) >= 11 is 0. The molecule has 2 aliphatic rings. The SMILES string of the molecule is COC(=O)c1nn(C)c2c1CN(C(=O)c1cn3c(n1)CCNCC3)CC2. The summed E-state index contributed by atoms with van der Waals surface area (Å²) in [4.78, 5) is 31.2. The summed E-state index contributed by atoms with van der Waals surface area (Å²) in [6.07, 6.45) is 3.30. The van der Waals surface area contributed by atoms with E-state index in [-0.39, 0.29) is 11.6 Å². The van der Waals surface area contributed by atoms with Gasteiger partial charge in [0.2, 0.25) is 0 Å². The number of ether oxygens (including phenoxy) is 1. The molecular formula is C17H22N6O3. The molecule has 0 spiro atoms. The van der Waals surface area contributed by atoms with Gasteiger partial charge in [0.1, 0.15) is 11.5 Å². The summed E-state index contributed by atoms with van der Waals surface area (Å²) in [5.41, 5.74) is 2.49. The van der Waals surface area contributed by atoms with Crippen LogP contribution in [-0.2, 0) is 37.7 Å². The molecule has 0 saturated heterocycles. The van der Waals surface area contributed by atoms with Gasteiger partial charge in [0, 0.05) is 63.5 Å². The molecule has 1 N–H and O–H groups in total. The lowest BCUT2D eigenvalue weighted by molar-refractivity contribution is 0.0586. The molecule has 0 saturated carbocycles. The Morgan fingerprint density at radius 2 is 2.08 bits per heavy atom. The van der Waals surface area contributed by atoms with Crippen molar-refractivity contribution in [2.45, 2.75) is 25.9 Å². The number of nitrogens with zero attached hydrogens (tertiary/aromatic N) is 5. The van der Waals surface area contributed by atoms with Crippen molar-refractivity contribution in [3.05, 3.63) is 34.7 Å². The number of carbonyl (C=O) groups is 2. The molecule has 0 aliphatic carbocycles. The highest BCUT2D eigenvalue weighted by molar-refractivity contribution is 5.93. The van der Waals surface area contributed by atoms with Crippen molar-refractivity contribution in [3.8, 4) is 0 Å². The number of esters is 1. The monoisotopic (exact) mass is 358 g/mol. The molecule has 0 unspecified atom stereocenters. The van der Waals surface area contributed by atoms with E-state index >= 15 is 0 Å². The number of hydrogen-bond acceptors (Lipinski definition) is 6. The van der Waals surface area contributed by atoms with Gasteiger partial charge in [-0.05, 0) is 0 Å². The maximum absolute atomic E-state index is 13.0. The van der Waals surface area contributed by atoms with Crippen LogP contribution in [-0.4, -0.2) is 62.9 Å². The van der Waals surface area contributed by atoms with Crippen molar-refractivity contribution >= 4 is 11.9 Å². The van der Waals surface area contributed by atoms with Crippen LogP contribution < -0.4 is 5.32 Å². The number of imidazole rings is 1. The van der Waals surface area contributed by atoms with Crippen LogP contribution in [0.1, 0.15) is 38.1 Å². The number of methoxy groups -OCH3 is 1. The van der Waals surface area contributed by atoms with Gasteiger partial charge in [-0.2, -0.15) is 5.10 Å². The molecule has 9 nitrogen and oxygen atoms in total. The van der Waals surface area contributed by atoms with Crippen molar-refractivity contribution in [3.63, 3.8) is 0 Å². The predicted octanol–water partition coefficient (Wildman–Crippen LogP) is -0.253. The van der Waals surface area contributed by atoms with Crippen molar-refractivity contribution in [1.82, 2.24) is 29.5 Å². The number of carbonyl (C=O) groups excluding carboxylic acids is 2. The Labute approximate surface area is 150 Å². The van der Waals surface area contributed by atoms with Gasteiger partial charge in [-0.25, -0.2) is 9.78 Å². The zero-order valence-electron chi connectivity index (χ0n) is 15.0. The second kappa shape index (κ2) is 6.56. The summed E-state index contributed by atoms with van der Waals surface area (Å²) in [7, 11) is 3.14. The standard InChI is InChI=1S/C17H22N6O3/c1-21-13-4-7-23(9-11(13)15(20-21)17(25)26-2)16(24)12-10-22-8-6-18-5-3-14(22)19-12/h10,18H,3-9H2,1-2H3. The Balaban J connectivity index is 1.59. The Bertz CT molecular complexity index is 845. The van der Waals surface area contributed by atoms with Crippen LogP contribution in [0.2, 0.25) is 0 Å². The van der Waals surface area contributed by atoms with E-state index in [1.165, 1.54) is 7.11 Å². The minimum Gasteiger partial charge on any atom is -0.464 e. The van der Waals surface area contributed by atoms with E-state index in [1.807, 2.05) is 17.8 Å². The number of nitrogens with one attached hydrogen (secondary N) is 1. The van der Waals surface area contributed by atoms with E-state index in [9.17, 15) is 9.59 Å². The Morgan fingerprint density at radius 1 is 1.23 bits per heavy atom. The van der Waals surface area contributed by atoms with E-state index < -0.39 is 5.97 Å². The molecule has 26 heavy (non-hydrogen) atoms. The normalized spacial score (nSPS) is 16.6. The third-order valence-electron chi connectivity index (χ3n) is 5.04. The zero-order valence-corrected chi connectivity index (χ0v) is 15.0. The summed E-state index contributed by atoms with van der Waals surface area (Å²) in [6, 6.07) is 0. The second-order valence-corrected chi connectivity index (χ2v) is 6.60. The minimum absolute atomic E-state index is 0.108. The molecule has 0 radical (unpaired) electrons. The first-order valence-corrected chi connectivity index (χ1v) is 8.77. The van der Waals surface area contributed by atoms with Crippen LogP contribution in [0.3, 0.4) is 0 Å². The molecule has 4 rings (SSSR count). The van der Waals surface area contributed by atoms with Crippen LogP contribution in [0.15, 0.2) is 6.20 Å². The van der Waals surface area contributed by atoms with Gasteiger partial charge in [0.05, 0.1) is 13.7 Å². The summed E-state index contributed by atoms with van der Waals surface area (Å²) in [5, 5.41) is 7.59. The molecule has 2 aromatic rings. The lowest BCUT2D eigenvalue weighted by atomic mass is 10.0. The maximum Gasteiger partial charge on any atom is 0.358 e. The van der Waals surface area contributed by atoms with Gasteiger partial charge in [0.25, 0.3) is 5.91 Å². The zero-order chi connectivity index (χ0) is 18.3. The van der Waals surface area contributed by atoms with Crippen LogP contribution in [0.4, 0.5) is 0 Å². The predicted molar refractivity (Wildman–Crippen MR) is 91.8 cm³/mol. The van der Waals surface area contributed by atoms with Crippen LogP contribution in [0.25, 0.3) is 0 Å². The topological polar surface area (TPSA) is 94.3 Å². The van der Waals surface area contributed by atoms with Gasteiger partial charge in [-0.3, -0.25) is 9.48 Å². The molecule has 0 atom stereocenters. The van der Waals surface area contributed by atoms with Gasteiger partial charge in [-0.15, -0.1) is 0 Å². The molecule has 138 valence electrons. The number of rotatable bonds is 2. The Hall–Kier alpha value is -2.68. The number of fused-ring (bicyclic) bond motifs is 2. The number of aromatic nitrogens is 4. The minimum atomic E-state index is -0.475. The van der Waals surface area contributed by atoms with E-state index in [0.29, 0.717) is 25.2 Å². The first kappa shape index (κ1) is 16.8. The highest BCUT2D eigenvalue weighted by atomic mass is 16.5. The van der Waals surface area contributed by atoms with E-state index in [0.717, 1.165) is 43.1 Å². The Kier molecular flexibility index (Phi) is 4.23. The third kappa shape index (κ3) is 2.78. The molecule has 2 aromatic heterocycles. The molecule has 9 heteroatoms. The lowest BCUT2D eigenvalue weighted by Gasteiger charge is -2.26. The van der Waals surface area contributed by atoms with E-state index in [2.05, 4.69) is 15.4 Å². The van der Waals surface area contributed by atoms with Crippen LogP contribution >= 0.6 is 0 Å². The third-order valence-corrected chi connectivity index (χ3v) is 5.04. The first-order valence-electron chi connectivity index (χ1n) is 8.77. The molecule has 4 heterocycles. The summed E-state index contributed by atoms with van der Waals surface area (Å²) in [5.74, 6) is 0.355. The average molecular weight is 358 g/mol. The van der Waals surface area contributed by atoms with Crippen molar-refractivity contribution in [2.24, 2.45) is 7.05 Å². The van der Waals surface area contributed by atoms with Gasteiger partial charge in [0.15, 0.2) is 5.69 Å². The van der Waals surface area contributed by atoms with Crippen LogP contribution in [0, 0.1) is 0 Å². The van der Waals surface area contributed by atoms with Crippen molar-refractivity contribution in [2.75, 3.05) is 26.7 Å². The van der Waals surface area contributed by atoms with E-state index in [4.69, 9.17) is 4.74 Å². The van der Waals surface area contributed by atoms with Crippen molar-refractivity contribution in [1.29, 1.82) is 0 Å². The fraction of sp³-hybridized carbons (Fsp3) is 0.529.